The van der Waals surface area contributed by atoms with Gasteiger partial charge in [-0.15, -0.1) is 5.10 Å². The first-order chi connectivity index (χ1) is 8.88. The summed E-state index contributed by atoms with van der Waals surface area (Å²) in [5.41, 5.74) is 0.203. The number of alkyl halides is 3. The van der Waals surface area contributed by atoms with Crippen molar-refractivity contribution < 1.29 is 13.2 Å². The molecule has 2 aromatic rings. The molecular weight excluding hydrogens is 281 g/mol. The van der Waals surface area contributed by atoms with Crippen LogP contribution in [0.15, 0.2) is 24.4 Å². The van der Waals surface area contributed by atoms with Crippen molar-refractivity contribution in [2.45, 2.75) is 12.7 Å². The molecule has 0 aliphatic carbocycles. The van der Waals surface area contributed by atoms with E-state index in [2.05, 4.69) is 15.6 Å². The molecule has 0 saturated heterocycles. The minimum Gasteiger partial charge on any atom is -0.378 e. The van der Waals surface area contributed by atoms with E-state index in [0.717, 1.165) is 17.8 Å². The first-order valence-electron chi connectivity index (χ1n) is 5.32. The van der Waals surface area contributed by atoms with E-state index >= 15 is 0 Å². The van der Waals surface area contributed by atoms with Gasteiger partial charge in [-0.1, -0.05) is 16.8 Å². The summed E-state index contributed by atoms with van der Waals surface area (Å²) in [5.74, 6) is 0. The number of nitrogens with zero attached hydrogens (tertiary/aromatic N) is 3. The maximum absolute atomic E-state index is 12.6. The normalized spacial score (nSPS) is 11.6. The van der Waals surface area contributed by atoms with Gasteiger partial charge in [0.15, 0.2) is 0 Å². The molecule has 0 amide bonds. The van der Waals surface area contributed by atoms with Crippen LogP contribution < -0.4 is 5.32 Å². The summed E-state index contributed by atoms with van der Waals surface area (Å²) in [4.78, 5) is 0. The zero-order valence-electron chi connectivity index (χ0n) is 9.87. The summed E-state index contributed by atoms with van der Waals surface area (Å²) in [6.45, 7) is 0.282. The molecule has 0 aliphatic heterocycles. The number of aromatic nitrogens is 3. The van der Waals surface area contributed by atoms with Crippen LogP contribution in [0.3, 0.4) is 0 Å². The third kappa shape index (κ3) is 3.17. The van der Waals surface area contributed by atoms with Crippen LogP contribution in [-0.2, 0) is 19.8 Å². The molecule has 102 valence electrons. The average Bonchev–Trinajstić information content (AvgIpc) is 2.72. The van der Waals surface area contributed by atoms with Gasteiger partial charge >= 0.3 is 6.18 Å². The number of rotatable bonds is 3. The van der Waals surface area contributed by atoms with Gasteiger partial charge in [-0.25, -0.2) is 0 Å². The Bertz CT molecular complexity index is 580. The van der Waals surface area contributed by atoms with Crippen molar-refractivity contribution in [3.8, 4) is 0 Å². The second kappa shape index (κ2) is 5.08. The van der Waals surface area contributed by atoms with E-state index < -0.39 is 11.7 Å². The highest BCUT2D eigenvalue weighted by Crippen LogP contribution is 2.33. The third-order valence-corrected chi connectivity index (χ3v) is 2.89. The van der Waals surface area contributed by atoms with Crippen molar-refractivity contribution in [3.63, 3.8) is 0 Å². The topological polar surface area (TPSA) is 42.7 Å². The number of hydrogen-bond acceptors (Lipinski definition) is 3. The van der Waals surface area contributed by atoms with Crippen LogP contribution in [0.25, 0.3) is 0 Å². The van der Waals surface area contributed by atoms with Crippen LogP contribution in [0.4, 0.5) is 18.9 Å². The van der Waals surface area contributed by atoms with Gasteiger partial charge in [0.25, 0.3) is 0 Å². The van der Waals surface area contributed by atoms with Gasteiger partial charge in [-0.05, 0) is 18.2 Å². The quantitative estimate of drug-likeness (QED) is 0.944. The lowest BCUT2D eigenvalue weighted by atomic mass is 10.2. The van der Waals surface area contributed by atoms with Crippen LogP contribution in [-0.4, -0.2) is 15.0 Å². The molecule has 8 heteroatoms. The largest absolute Gasteiger partial charge is 0.416 e. The summed E-state index contributed by atoms with van der Waals surface area (Å²) in [7, 11) is 1.69. The minimum atomic E-state index is -4.39. The molecule has 0 bridgehead atoms. The molecular formula is C11H10ClF3N4. The van der Waals surface area contributed by atoms with E-state index in [9.17, 15) is 13.2 Å². The van der Waals surface area contributed by atoms with Crippen molar-refractivity contribution in [2.75, 3.05) is 5.32 Å². The van der Waals surface area contributed by atoms with Gasteiger partial charge in [0.2, 0.25) is 0 Å². The highest BCUT2D eigenvalue weighted by atomic mass is 35.5. The Kier molecular flexibility index (Phi) is 3.66. The molecule has 2 rings (SSSR count). The van der Waals surface area contributed by atoms with E-state index in [1.54, 1.807) is 7.05 Å². The molecule has 4 nitrogen and oxygen atoms in total. The Morgan fingerprint density at radius 2 is 2.11 bits per heavy atom. The van der Waals surface area contributed by atoms with Gasteiger partial charge < -0.3 is 5.32 Å². The molecule has 0 aliphatic rings. The minimum absolute atomic E-state index is 0.220. The number of anilines is 1. The number of hydrogen-bond donors (Lipinski definition) is 1. The Morgan fingerprint density at radius 1 is 1.37 bits per heavy atom. The van der Waals surface area contributed by atoms with Crippen molar-refractivity contribution in [1.29, 1.82) is 0 Å². The molecule has 0 radical (unpaired) electrons. The van der Waals surface area contributed by atoms with Gasteiger partial charge in [0, 0.05) is 7.05 Å². The van der Waals surface area contributed by atoms with E-state index in [1.807, 2.05) is 0 Å². The monoisotopic (exact) mass is 290 g/mol. The maximum atomic E-state index is 12.6. The van der Waals surface area contributed by atoms with Gasteiger partial charge in [0.05, 0.1) is 34.7 Å². The number of benzene rings is 1. The van der Waals surface area contributed by atoms with Gasteiger partial charge in [-0.2, -0.15) is 13.2 Å². The predicted octanol–water partition coefficient (Wildman–Crippen LogP) is 3.10. The van der Waals surface area contributed by atoms with Crippen molar-refractivity contribution in [3.05, 3.63) is 40.7 Å². The fourth-order valence-electron chi connectivity index (χ4n) is 1.49. The maximum Gasteiger partial charge on any atom is 0.416 e. The van der Waals surface area contributed by atoms with E-state index in [1.165, 1.54) is 16.9 Å². The van der Waals surface area contributed by atoms with Gasteiger partial charge in [-0.3, -0.25) is 4.68 Å². The molecule has 19 heavy (non-hydrogen) atoms. The van der Waals surface area contributed by atoms with E-state index in [0.29, 0.717) is 0 Å². The average molecular weight is 291 g/mol. The molecule has 1 heterocycles. The number of aryl methyl sites for hydroxylation is 1. The lowest BCUT2D eigenvalue weighted by Crippen LogP contribution is -2.08. The first kappa shape index (κ1) is 13.7. The molecule has 1 N–H and O–H groups in total. The van der Waals surface area contributed by atoms with Crippen molar-refractivity contribution in [1.82, 2.24) is 15.0 Å². The molecule has 1 aromatic heterocycles. The van der Waals surface area contributed by atoms with Crippen LogP contribution in [0, 0.1) is 0 Å². The standard InChI is InChI=1S/C11H10ClF3N4/c1-19-8(6-17-18-19)5-16-10-4-7(11(13,14)15)2-3-9(10)12/h2-4,6,16H,5H2,1H3. The molecule has 1 aromatic carbocycles. The fourth-order valence-corrected chi connectivity index (χ4v) is 1.68. The van der Waals surface area contributed by atoms with E-state index in [4.69, 9.17) is 11.6 Å². The van der Waals surface area contributed by atoms with Crippen LogP contribution in [0.5, 0.6) is 0 Å². The second-order valence-corrected chi connectivity index (χ2v) is 4.30. The van der Waals surface area contributed by atoms with Crippen LogP contribution in [0.2, 0.25) is 5.02 Å². The highest BCUT2D eigenvalue weighted by molar-refractivity contribution is 6.33. The van der Waals surface area contributed by atoms with E-state index in [-0.39, 0.29) is 17.3 Å². The first-order valence-corrected chi connectivity index (χ1v) is 5.70. The van der Waals surface area contributed by atoms with Crippen LogP contribution in [0.1, 0.15) is 11.3 Å². The molecule has 0 atom stereocenters. The summed E-state index contributed by atoms with van der Waals surface area (Å²) in [6.07, 6.45) is -2.87. The molecule has 0 unspecified atom stereocenters. The smallest absolute Gasteiger partial charge is 0.378 e. The summed E-state index contributed by atoms with van der Waals surface area (Å²) >= 11 is 5.86. The summed E-state index contributed by atoms with van der Waals surface area (Å²) in [6, 6.07) is 3.14. The Morgan fingerprint density at radius 3 is 2.68 bits per heavy atom. The SMILES string of the molecule is Cn1nncc1CNc1cc(C(F)(F)F)ccc1Cl. The third-order valence-electron chi connectivity index (χ3n) is 2.56. The van der Waals surface area contributed by atoms with Crippen molar-refractivity contribution >= 4 is 17.3 Å². The number of nitrogens with one attached hydrogen (secondary N) is 1. The van der Waals surface area contributed by atoms with Crippen molar-refractivity contribution in [2.24, 2.45) is 7.05 Å². The van der Waals surface area contributed by atoms with Gasteiger partial charge in [0.1, 0.15) is 0 Å². The predicted molar refractivity (Wildman–Crippen MR) is 64.8 cm³/mol. The number of halogens is 4. The van der Waals surface area contributed by atoms with Crippen LogP contribution >= 0.6 is 11.6 Å². The lowest BCUT2D eigenvalue weighted by molar-refractivity contribution is -0.137. The summed E-state index contributed by atoms with van der Waals surface area (Å²) in [5, 5.41) is 10.5. The highest BCUT2D eigenvalue weighted by Gasteiger charge is 2.30. The lowest BCUT2D eigenvalue weighted by Gasteiger charge is -2.12. The summed E-state index contributed by atoms with van der Waals surface area (Å²) < 4.78 is 39.3. The zero-order valence-corrected chi connectivity index (χ0v) is 10.6. The molecule has 0 spiro atoms. The Balaban J connectivity index is 2.18. The zero-order chi connectivity index (χ0) is 14.0. The second-order valence-electron chi connectivity index (χ2n) is 3.89. The molecule has 0 fully saturated rings. The molecule has 0 saturated carbocycles. The Labute approximate surface area is 112 Å². The fraction of sp³-hybridized carbons (Fsp3) is 0.273. The Hall–Kier alpha value is -1.76.